The van der Waals surface area contributed by atoms with E-state index >= 15 is 0 Å². The Kier molecular flexibility index (Phi) is 8.16. The molecule has 0 spiro atoms. The Labute approximate surface area is 379 Å². The lowest BCUT2D eigenvalue weighted by atomic mass is 9.34. The van der Waals surface area contributed by atoms with Crippen molar-refractivity contribution in [2.24, 2.45) is 0 Å². The van der Waals surface area contributed by atoms with Crippen molar-refractivity contribution in [3.8, 4) is 11.4 Å². The number of aromatic nitrogens is 2. The van der Waals surface area contributed by atoms with Gasteiger partial charge in [0, 0.05) is 72.5 Å². The van der Waals surface area contributed by atoms with Crippen LogP contribution in [0, 0.1) is 0 Å². The van der Waals surface area contributed by atoms with Gasteiger partial charge in [0.2, 0.25) is 0 Å². The molecule has 0 bridgehead atoms. The van der Waals surface area contributed by atoms with Crippen LogP contribution in [0.3, 0.4) is 0 Å². The minimum absolute atomic E-state index is 0.00501. The molecule has 0 saturated heterocycles. The van der Waals surface area contributed by atoms with Crippen LogP contribution in [0.4, 0.5) is 45.8 Å². The highest BCUT2D eigenvalue weighted by atomic mass is 15.2. The molecular weight excluding hydrogens is 791 g/mol. The molecule has 13 rings (SSSR count). The summed E-state index contributed by atoms with van der Waals surface area (Å²) in [4.78, 5) is 9.47. The smallest absolute Gasteiger partial charge is 0.252 e. The molecule has 7 heteroatoms. The third-order valence-electron chi connectivity index (χ3n) is 13.8. The zero-order valence-electron chi connectivity index (χ0n) is 36.8. The van der Waals surface area contributed by atoms with Crippen molar-refractivity contribution in [2.45, 2.75) is 0 Å². The second kappa shape index (κ2) is 14.2. The fourth-order valence-corrected chi connectivity index (χ4v) is 11.1. The van der Waals surface area contributed by atoms with Gasteiger partial charge in [0.05, 0.1) is 33.8 Å². The predicted molar refractivity (Wildman–Crippen MR) is 278 cm³/mol. The monoisotopic (exact) mass is 836 g/mol. The number of hydrogen-bond acceptors (Lipinski definition) is 4. The van der Waals surface area contributed by atoms with Gasteiger partial charge in [0.1, 0.15) is 11.6 Å². The fourth-order valence-electron chi connectivity index (χ4n) is 11.1. The molecule has 0 atom stereocenters. The number of para-hydroxylation sites is 2. The van der Waals surface area contributed by atoms with E-state index < -0.39 is 0 Å². The summed E-state index contributed by atoms with van der Waals surface area (Å²) < 4.78 is 5.06. The van der Waals surface area contributed by atoms with Crippen LogP contribution in [-0.2, 0) is 0 Å². The highest BCUT2D eigenvalue weighted by molar-refractivity contribution is 7.00. The van der Waals surface area contributed by atoms with Crippen molar-refractivity contribution in [1.82, 2.24) is 9.13 Å². The third-order valence-corrected chi connectivity index (χ3v) is 13.8. The van der Waals surface area contributed by atoms with E-state index in [1.807, 2.05) is 0 Å². The van der Waals surface area contributed by atoms with Gasteiger partial charge in [-0.2, -0.15) is 0 Å². The van der Waals surface area contributed by atoms with Gasteiger partial charge in [0.25, 0.3) is 6.71 Å². The molecular formula is C58H45BN6. The van der Waals surface area contributed by atoms with Crippen LogP contribution >= 0.6 is 0 Å². The molecule has 310 valence electrons. The van der Waals surface area contributed by atoms with Crippen molar-refractivity contribution in [3.63, 3.8) is 0 Å². The first-order valence-electron chi connectivity index (χ1n) is 22.5. The Bertz CT molecular complexity index is 3450. The number of fused-ring (bicyclic) bond motifs is 6. The molecule has 0 radical (unpaired) electrons. The topological polar surface area (TPSA) is 22.8 Å². The molecule has 11 aromatic rings. The predicted octanol–water partition coefficient (Wildman–Crippen LogP) is 12.1. The molecule has 0 aliphatic carbocycles. The van der Waals surface area contributed by atoms with E-state index in [0.717, 1.165) is 45.8 Å². The lowest BCUT2D eigenvalue weighted by Gasteiger charge is -2.36. The summed E-state index contributed by atoms with van der Waals surface area (Å²) >= 11 is 0. The van der Waals surface area contributed by atoms with Crippen LogP contribution < -0.4 is 36.0 Å². The largest absolute Gasteiger partial charge is 0.364 e. The van der Waals surface area contributed by atoms with Gasteiger partial charge in [-0.25, -0.2) is 0 Å². The van der Waals surface area contributed by atoms with E-state index in [1.54, 1.807) is 0 Å². The van der Waals surface area contributed by atoms with Crippen LogP contribution in [-0.4, -0.2) is 44.0 Å². The molecule has 0 unspecified atom stereocenters. The van der Waals surface area contributed by atoms with E-state index in [1.165, 1.54) is 71.1 Å². The minimum Gasteiger partial charge on any atom is -0.364 e. The number of rotatable bonds is 8. The molecule has 0 N–H and O–H groups in total. The average Bonchev–Trinajstić information content (AvgIpc) is 3.96. The molecule has 0 saturated carbocycles. The minimum atomic E-state index is -0.00501. The first-order valence-corrected chi connectivity index (χ1v) is 22.5. The summed E-state index contributed by atoms with van der Waals surface area (Å²) in [6.45, 7) is -0.00501. The zero-order chi connectivity index (χ0) is 43.5. The average molecular weight is 837 g/mol. The van der Waals surface area contributed by atoms with Gasteiger partial charge in [-0.1, -0.05) is 127 Å². The van der Waals surface area contributed by atoms with Crippen molar-refractivity contribution in [3.05, 3.63) is 200 Å². The summed E-state index contributed by atoms with van der Waals surface area (Å²) in [5.74, 6) is 2.29. The van der Waals surface area contributed by atoms with Crippen LogP contribution in [0.1, 0.15) is 0 Å². The highest BCUT2D eigenvalue weighted by Gasteiger charge is 2.42. The lowest BCUT2D eigenvalue weighted by molar-refractivity contribution is 0.993. The van der Waals surface area contributed by atoms with Gasteiger partial charge >= 0.3 is 0 Å². The van der Waals surface area contributed by atoms with Crippen molar-refractivity contribution in [2.75, 3.05) is 47.8 Å². The second-order valence-corrected chi connectivity index (χ2v) is 17.8. The third kappa shape index (κ3) is 5.36. The Morgan fingerprint density at radius 2 is 0.738 bits per heavy atom. The maximum absolute atomic E-state index is 2.53. The normalized spacial score (nSPS) is 12.3. The molecule has 2 aliphatic heterocycles. The van der Waals surface area contributed by atoms with E-state index in [4.69, 9.17) is 0 Å². The first-order chi connectivity index (χ1) is 32.0. The van der Waals surface area contributed by atoms with E-state index in [2.05, 4.69) is 257 Å². The van der Waals surface area contributed by atoms with E-state index in [9.17, 15) is 0 Å². The molecule has 0 amide bonds. The molecule has 2 aromatic heterocycles. The summed E-state index contributed by atoms with van der Waals surface area (Å²) in [6, 6.07) is 73.8. The second-order valence-electron chi connectivity index (χ2n) is 17.8. The molecule has 0 fully saturated rings. The van der Waals surface area contributed by atoms with Crippen molar-refractivity contribution < 1.29 is 0 Å². The molecule has 9 aromatic carbocycles. The molecule has 65 heavy (non-hydrogen) atoms. The van der Waals surface area contributed by atoms with Gasteiger partial charge in [0.15, 0.2) is 0 Å². The molecule has 6 nitrogen and oxygen atoms in total. The van der Waals surface area contributed by atoms with E-state index in [0.29, 0.717) is 0 Å². The summed E-state index contributed by atoms with van der Waals surface area (Å²) in [5.41, 5.74) is 15.7. The zero-order valence-corrected chi connectivity index (χ0v) is 36.8. The van der Waals surface area contributed by atoms with Crippen molar-refractivity contribution >= 4 is 112 Å². The quantitative estimate of drug-likeness (QED) is 0.142. The van der Waals surface area contributed by atoms with Crippen LogP contribution in [0.2, 0.25) is 0 Å². The van der Waals surface area contributed by atoms with Crippen LogP contribution in [0.25, 0.3) is 54.7 Å². The summed E-state index contributed by atoms with van der Waals surface area (Å²) in [6.07, 6.45) is 0. The number of nitrogens with zero attached hydrogens (tertiary/aromatic N) is 6. The summed E-state index contributed by atoms with van der Waals surface area (Å²) in [7, 11) is 8.68. The fraction of sp³-hybridized carbons (Fsp3) is 0.0690. The number of benzene rings is 9. The Hall–Kier alpha value is -8.16. The van der Waals surface area contributed by atoms with Gasteiger partial charge in [-0.15, -0.1) is 0 Å². The maximum Gasteiger partial charge on any atom is 0.252 e. The SMILES string of the molecule is CN(C)c1cc2c(N(c3ccccc3)c3cccc4ccccc34)ccc3c2n1-c1cccc2c1B3c1ccc(N(c3ccccc3)c3cccc4ccccc34)c3cc(N(C)C)n-2c13. The Balaban J connectivity index is 1.10. The van der Waals surface area contributed by atoms with Gasteiger partial charge < -0.3 is 19.6 Å². The Morgan fingerprint density at radius 3 is 1.18 bits per heavy atom. The number of hydrogen-bond donors (Lipinski definition) is 0. The summed E-state index contributed by atoms with van der Waals surface area (Å²) in [5, 5.41) is 7.29. The Morgan fingerprint density at radius 1 is 0.354 bits per heavy atom. The first kappa shape index (κ1) is 37.4. The van der Waals surface area contributed by atoms with Crippen molar-refractivity contribution in [1.29, 1.82) is 0 Å². The van der Waals surface area contributed by atoms with Gasteiger partial charge in [-0.3, -0.25) is 9.13 Å². The molecule has 2 aliphatic rings. The highest BCUT2D eigenvalue weighted by Crippen LogP contribution is 2.48. The molecule has 4 heterocycles. The lowest BCUT2D eigenvalue weighted by Crippen LogP contribution is -2.59. The standard InChI is InChI=1S/C58H45BN6/c1-60(2)54-36-44-50(62(40-22-7-5-8-23-40)48-28-15-20-38-18-11-13-26-42(38)48)34-32-46-57(44)64(54)52-30-17-31-53-56(52)59(46)47-33-35-51(45-37-55(61(3)4)65(53)58(45)47)63(41-24-9-6-10-25-41)49-29-16-21-39-19-12-14-27-43(39)49/h5-37H,1-4H3. The van der Waals surface area contributed by atoms with Crippen LogP contribution in [0.5, 0.6) is 0 Å². The van der Waals surface area contributed by atoms with Gasteiger partial charge in [-0.05, 0) is 100.0 Å². The maximum atomic E-state index is 2.53. The number of anilines is 8. The van der Waals surface area contributed by atoms with E-state index in [-0.39, 0.29) is 6.71 Å². The van der Waals surface area contributed by atoms with Crippen LogP contribution in [0.15, 0.2) is 200 Å².